The highest BCUT2D eigenvalue weighted by Crippen LogP contribution is 2.24. The van der Waals surface area contributed by atoms with Crippen molar-refractivity contribution in [3.63, 3.8) is 0 Å². The van der Waals surface area contributed by atoms with Crippen molar-refractivity contribution in [3.05, 3.63) is 34.2 Å². The standard InChI is InChI=1S/C12H13N3O2/c13-6-8-2-1-3-10(8)15-12(17)9-7-14-5-4-11(9)16/h4-5,7-8,10H,1-3H2,(H,14,16)(H,15,17). The highest BCUT2D eigenvalue weighted by atomic mass is 16.2. The number of aromatic nitrogens is 1. The number of pyridine rings is 1. The van der Waals surface area contributed by atoms with E-state index >= 15 is 0 Å². The van der Waals surface area contributed by atoms with Crippen LogP contribution in [0, 0.1) is 17.2 Å². The van der Waals surface area contributed by atoms with Gasteiger partial charge in [0, 0.05) is 24.5 Å². The molecule has 0 bridgehead atoms. The second kappa shape index (κ2) is 4.83. The summed E-state index contributed by atoms with van der Waals surface area (Å²) < 4.78 is 0. The van der Waals surface area contributed by atoms with E-state index in [4.69, 9.17) is 5.26 Å². The van der Waals surface area contributed by atoms with Crippen LogP contribution >= 0.6 is 0 Å². The number of nitrogens with one attached hydrogen (secondary N) is 2. The number of hydrogen-bond acceptors (Lipinski definition) is 3. The molecule has 0 aromatic carbocycles. The minimum Gasteiger partial charge on any atom is -0.367 e. The molecule has 1 saturated carbocycles. The zero-order valence-corrected chi connectivity index (χ0v) is 9.27. The minimum absolute atomic E-state index is 0.0936. The summed E-state index contributed by atoms with van der Waals surface area (Å²) in [5.74, 6) is -0.541. The lowest BCUT2D eigenvalue weighted by atomic mass is 10.1. The van der Waals surface area contributed by atoms with Crippen molar-refractivity contribution in [1.29, 1.82) is 5.26 Å². The van der Waals surface area contributed by atoms with Crippen molar-refractivity contribution in [2.24, 2.45) is 5.92 Å². The van der Waals surface area contributed by atoms with Gasteiger partial charge in [-0.25, -0.2) is 0 Å². The molecule has 1 amide bonds. The zero-order chi connectivity index (χ0) is 12.3. The lowest BCUT2D eigenvalue weighted by Crippen LogP contribution is -2.38. The molecule has 5 heteroatoms. The van der Waals surface area contributed by atoms with Gasteiger partial charge < -0.3 is 10.3 Å². The van der Waals surface area contributed by atoms with Crippen LogP contribution in [0.4, 0.5) is 0 Å². The number of H-pyrrole nitrogens is 1. The summed E-state index contributed by atoms with van der Waals surface area (Å²) in [6.07, 6.45) is 5.41. The molecule has 2 unspecified atom stereocenters. The van der Waals surface area contributed by atoms with Crippen molar-refractivity contribution in [2.45, 2.75) is 25.3 Å². The van der Waals surface area contributed by atoms with Gasteiger partial charge in [0.15, 0.2) is 5.43 Å². The van der Waals surface area contributed by atoms with Gasteiger partial charge in [-0.2, -0.15) is 5.26 Å². The number of hydrogen-bond donors (Lipinski definition) is 2. The van der Waals surface area contributed by atoms with Crippen LogP contribution in [-0.2, 0) is 0 Å². The summed E-state index contributed by atoms with van der Waals surface area (Å²) in [6, 6.07) is 3.36. The first kappa shape index (κ1) is 11.4. The number of carbonyl (C=O) groups is 1. The van der Waals surface area contributed by atoms with Crippen LogP contribution in [0.5, 0.6) is 0 Å². The molecule has 0 aliphatic heterocycles. The largest absolute Gasteiger partial charge is 0.367 e. The van der Waals surface area contributed by atoms with Crippen LogP contribution < -0.4 is 10.7 Å². The Morgan fingerprint density at radius 3 is 3.06 bits per heavy atom. The van der Waals surface area contributed by atoms with Crippen LogP contribution in [-0.4, -0.2) is 16.9 Å². The topological polar surface area (TPSA) is 85.8 Å². The van der Waals surface area contributed by atoms with Gasteiger partial charge in [0.2, 0.25) is 0 Å². The second-order valence-electron chi connectivity index (χ2n) is 4.17. The molecule has 88 valence electrons. The van der Waals surface area contributed by atoms with E-state index in [1.165, 1.54) is 18.5 Å². The Labute approximate surface area is 98.5 Å². The predicted molar refractivity (Wildman–Crippen MR) is 61.3 cm³/mol. The van der Waals surface area contributed by atoms with Crippen LogP contribution in [0.2, 0.25) is 0 Å². The Morgan fingerprint density at radius 2 is 2.35 bits per heavy atom. The Kier molecular flexibility index (Phi) is 3.24. The maximum Gasteiger partial charge on any atom is 0.257 e. The van der Waals surface area contributed by atoms with Gasteiger partial charge in [0.25, 0.3) is 5.91 Å². The van der Waals surface area contributed by atoms with Crippen molar-refractivity contribution in [2.75, 3.05) is 0 Å². The summed E-state index contributed by atoms with van der Waals surface area (Å²) in [5.41, 5.74) is -0.219. The molecule has 0 radical (unpaired) electrons. The quantitative estimate of drug-likeness (QED) is 0.789. The molecule has 0 saturated heterocycles. The van der Waals surface area contributed by atoms with Gasteiger partial charge in [-0.1, -0.05) is 0 Å². The third-order valence-electron chi connectivity index (χ3n) is 3.07. The van der Waals surface area contributed by atoms with Gasteiger partial charge in [-0.05, 0) is 19.3 Å². The normalized spacial score (nSPS) is 23.0. The molecule has 1 aromatic rings. The van der Waals surface area contributed by atoms with E-state index < -0.39 is 5.91 Å². The number of aromatic amines is 1. The Morgan fingerprint density at radius 1 is 1.53 bits per heavy atom. The maximum absolute atomic E-state index is 11.8. The van der Waals surface area contributed by atoms with Crippen molar-refractivity contribution >= 4 is 5.91 Å². The molecule has 0 spiro atoms. The number of nitrogens with zero attached hydrogens (tertiary/aromatic N) is 1. The molecule has 1 heterocycles. The lowest BCUT2D eigenvalue weighted by molar-refractivity contribution is 0.0931. The van der Waals surface area contributed by atoms with E-state index in [1.807, 2.05) is 0 Å². The highest BCUT2D eigenvalue weighted by Gasteiger charge is 2.28. The van der Waals surface area contributed by atoms with Gasteiger partial charge in [0.1, 0.15) is 5.56 Å². The first-order chi connectivity index (χ1) is 8.22. The molecule has 5 nitrogen and oxygen atoms in total. The molecule has 1 fully saturated rings. The summed E-state index contributed by atoms with van der Waals surface area (Å²) in [7, 11) is 0. The fourth-order valence-corrected chi connectivity index (χ4v) is 2.13. The second-order valence-corrected chi connectivity index (χ2v) is 4.17. The van der Waals surface area contributed by atoms with Gasteiger partial charge in [-0.3, -0.25) is 9.59 Å². The van der Waals surface area contributed by atoms with Gasteiger partial charge in [-0.15, -0.1) is 0 Å². The minimum atomic E-state index is -0.404. The average Bonchev–Trinajstić information content (AvgIpc) is 2.76. The third-order valence-corrected chi connectivity index (χ3v) is 3.07. The third kappa shape index (κ3) is 2.36. The van der Waals surface area contributed by atoms with Crippen LogP contribution in [0.25, 0.3) is 0 Å². The number of rotatable bonds is 2. The molecule has 1 aromatic heterocycles. The van der Waals surface area contributed by atoms with E-state index in [0.717, 1.165) is 19.3 Å². The average molecular weight is 231 g/mol. The molecule has 1 aliphatic rings. The Hall–Kier alpha value is -2.09. The number of amides is 1. The van der Waals surface area contributed by atoms with Crippen LogP contribution in [0.3, 0.4) is 0 Å². The van der Waals surface area contributed by atoms with E-state index in [2.05, 4.69) is 16.4 Å². The van der Waals surface area contributed by atoms with E-state index in [1.54, 1.807) is 0 Å². The molecule has 2 rings (SSSR count). The molecular formula is C12H13N3O2. The van der Waals surface area contributed by atoms with Gasteiger partial charge in [0.05, 0.1) is 12.0 Å². The number of carbonyl (C=O) groups excluding carboxylic acids is 1. The fraction of sp³-hybridized carbons (Fsp3) is 0.417. The Balaban J connectivity index is 2.10. The number of nitriles is 1. The Bertz CT molecular complexity index is 515. The zero-order valence-electron chi connectivity index (χ0n) is 9.27. The monoisotopic (exact) mass is 231 g/mol. The first-order valence-electron chi connectivity index (χ1n) is 5.60. The summed E-state index contributed by atoms with van der Waals surface area (Å²) in [5, 5.41) is 11.7. The maximum atomic E-state index is 11.8. The van der Waals surface area contributed by atoms with Gasteiger partial charge >= 0.3 is 0 Å². The predicted octanol–water partition coefficient (Wildman–Crippen LogP) is 0.797. The molecule has 2 atom stereocenters. The van der Waals surface area contributed by atoms with Crippen molar-refractivity contribution < 1.29 is 4.79 Å². The van der Waals surface area contributed by atoms with E-state index in [0.29, 0.717) is 0 Å². The molecule has 17 heavy (non-hydrogen) atoms. The smallest absolute Gasteiger partial charge is 0.257 e. The summed E-state index contributed by atoms with van der Waals surface area (Å²) in [6.45, 7) is 0. The lowest BCUT2D eigenvalue weighted by Gasteiger charge is -2.14. The molecule has 1 aliphatic carbocycles. The van der Waals surface area contributed by atoms with Crippen molar-refractivity contribution in [1.82, 2.24) is 10.3 Å². The first-order valence-corrected chi connectivity index (χ1v) is 5.60. The van der Waals surface area contributed by atoms with Crippen LogP contribution in [0.1, 0.15) is 29.6 Å². The summed E-state index contributed by atoms with van der Waals surface area (Å²) >= 11 is 0. The summed E-state index contributed by atoms with van der Waals surface area (Å²) in [4.78, 5) is 26.0. The SMILES string of the molecule is N#CC1CCCC1NC(=O)c1c[nH]ccc1=O. The highest BCUT2D eigenvalue weighted by molar-refractivity contribution is 5.93. The molecule has 2 N–H and O–H groups in total. The molecular weight excluding hydrogens is 218 g/mol. The van der Waals surface area contributed by atoms with E-state index in [-0.39, 0.29) is 23.0 Å². The van der Waals surface area contributed by atoms with Crippen LogP contribution in [0.15, 0.2) is 23.3 Å². The fourth-order valence-electron chi connectivity index (χ4n) is 2.13. The van der Waals surface area contributed by atoms with Crippen molar-refractivity contribution in [3.8, 4) is 6.07 Å². The van der Waals surface area contributed by atoms with E-state index in [9.17, 15) is 9.59 Å².